The van der Waals surface area contributed by atoms with E-state index in [2.05, 4.69) is 9.88 Å². The molecule has 1 N–H and O–H groups in total. The lowest BCUT2D eigenvalue weighted by molar-refractivity contribution is 0.0687. The van der Waals surface area contributed by atoms with Crippen LogP contribution in [0.2, 0.25) is 0 Å². The van der Waals surface area contributed by atoms with Crippen molar-refractivity contribution in [3.05, 3.63) is 11.2 Å². The molecule has 9 heteroatoms. The smallest absolute Gasteiger partial charge is 0.356 e. The molecule has 2 heterocycles. The summed E-state index contributed by atoms with van der Waals surface area (Å²) < 4.78 is 26.9. The summed E-state index contributed by atoms with van der Waals surface area (Å²) in [7, 11) is -1.85. The van der Waals surface area contributed by atoms with E-state index in [-0.39, 0.29) is 15.9 Å². The van der Waals surface area contributed by atoms with Crippen molar-refractivity contribution in [1.29, 1.82) is 0 Å². The number of rotatable bonds is 4. The van der Waals surface area contributed by atoms with E-state index in [0.29, 0.717) is 19.5 Å². The SMILES string of the molecule is CCC1CN(C)CCCN1S(=O)(=O)c1scnc1C(=O)O. The Morgan fingerprint density at radius 2 is 2.24 bits per heavy atom. The van der Waals surface area contributed by atoms with Crippen molar-refractivity contribution < 1.29 is 18.3 Å². The van der Waals surface area contributed by atoms with Crippen molar-refractivity contribution in [2.24, 2.45) is 0 Å². The van der Waals surface area contributed by atoms with E-state index in [0.717, 1.165) is 24.3 Å². The van der Waals surface area contributed by atoms with Gasteiger partial charge in [-0.3, -0.25) is 0 Å². The van der Waals surface area contributed by atoms with Crippen LogP contribution in [-0.4, -0.2) is 66.4 Å². The van der Waals surface area contributed by atoms with Gasteiger partial charge in [0.15, 0.2) is 9.90 Å². The molecule has 21 heavy (non-hydrogen) atoms. The van der Waals surface area contributed by atoms with Gasteiger partial charge in [-0.25, -0.2) is 18.2 Å². The third kappa shape index (κ3) is 3.25. The Morgan fingerprint density at radius 3 is 2.86 bits per heavy atom. The van der Waals surface area contributed by atoms with Crippen molar-refractivity contribution in [2.75, 3.05) is 26.7 Å². The van der Waals surface area contributed by atoms with Crippen LogP contribution in [0.1, 0.15) is 30.3 Å². The lowest BCUT2D eigenvalue weighted by Crippen LogP contribution is -2.43. The Balaban J connectivity index is 2.41. The number of carbonyl (C=O) groups is 1. The second kappa shape index (κ2) is 6.39. The topological polar surface area (TPSA) is 90.8 Å². The van der Waals surface area contributed by atoms with Crippen LogP contribution in [0.4, 0.5) is 0 Å². The monoisotopic (exact) mass is 333 g/mol. The van der Waals surface area contributed by atoms with Gasteiger partial charge in [-0.2, -0.15) is 4.31 Å². The summed E-state index contributed by atoms with van der Waals surface area (Å²) in [5.74, 6) is -1.31. The molecule has 1 aromatic heterocycles. The highest BCUT2D eigenvalue weighted by atomic mass is 32.2. The van der Waals surface area contributed by atoms with E-state index in [4.69, 9.17) is 5.11 Å². The fourth-order valence-electron chi connectivity index (χ4n) is 2.54. The molecule has 1 atom stereocenters. The molecule has 0 aliphatic carbocycles. The predicted octanol–water partition coefficient (Wildman–Crippen LogP) is 0.946. The van der Waals surface area contributed by atoms with Crippen molar-refractivity contribution in [3.63, 3.8) is 0 Å². The van der Waals surface area contributed by atoms with Gasteiger partial charge in [-0.05, 0) is 26.4 Å². The molecule has 0 spiro atoms. The molecule has 118 valence electrons. The summed E-state index contributed by atoms with van der Waals surface area (Å²) >= 11 is 0.863. The molecule has 0 aromatic carbocycles. The average Bonchev–Trinajstić information content (AvgIpc) is 2.84. The number of likely N-dealkylation sites (N-methyl/N-ethyl adjacent to an activating group) is 1. The van der Waals surface area contributed by atoms with E-state index in [1.54, 1.807) is 0 Å². The first-order chi connectivity index (χ1) is 9.87. The minimum atomic E-state index is -3.82. The van der Waals surface area contributed by atoms with E-state index >= 15 is 0 Å². The highest BCUT2D eigenvalue weighted by Crippen LogP contribution is 2.27. The molecule has 1 aliphatic rings. The molecule has 0 bridgehead atoms. The third-order valence-electron chi connectivity index (χ3n) is 3.60. The number of aromatic nitrogens is 1. The summed E-state index contributed by atoms with van der Waals surface area (Å²) in [6, 6.07) is -0.147. The average molecular weight is 333 g/mol. The lowest BCUT2D eigenvalue weighted by Gasteiger charge is -2.28. The fourth-order valence-corrected chi connectivity index (χ4v) is 5.52. The molecule has 1 unspecified atom stereocenters. The quantitative estimate of drug-likeness (QED) is 0.882. The maximum Gasteiger partial charge on any atom is 0.356 e. The molecule has 1 aliphatic heterocycles. The summed E-state index contributed by atoms with van der Waals surface area (Å²) in [5, 5.41) is 9.09. The van der Waals surface area contributed by atoms with Crippen molar-refractivity contribution in [1.82, 2.24) is 14.2 Å². The lowest BCUT2D eigenvalue weighted by atomic mass is 10.2. The first-order valence-corrected chi connectivity index (χ1v) is 9.07. The number of hydrogen-bond donors (Lipinski definition) is 1. The molecule has 0 radical (unpaired) electrons. The Hall–Kier alpha value is -1.03. The molecule has 1 fully saturated rings. The van der Waals surface area contributed by atoms with Gasteiger partial charge in [0.1, 0.15) is 0 Å². The minimum Gasteiger partial charge on any atom is -0.476 e. The first kappa shape index (κ1) is 16.3. The van der Waals surface area contributed by atoms with E-state index in [9.17, 15) is 13.2 Å². The summed E-state index contributed by atoms with van der Waals surface area (Å²) in [4.78, 5) is 16.9. The second-order valence-electron chi connectivity index (χ2n) is 5.09. The van der Waals surface area contributed by atoms with Crippen molar-refractivity contribution >= 4 is 27.3 Å². The summed E-state index contributed by atoms with van der Waals surface area (Å²) in [6.07, 6.45) is 1.41. The molecule has 0 amide bonds. The highest BCUT2D eigenvalue weighted by Gasteiger charge is 2.36. The normalized spacial score (nSPS) is 22.1. The first-order valence-electron chi connectivity index (χ1n) is 6.75. The van der Waals surface area contributed by atoms with Gasteiger partial charge in [-0.15, -0.1) is 11.3 Å². The largest absolute Gasteiger partial charge is 0.476 e. The van der Waals surface area contributed by atoms with Crippen molar-refractivity contribution in [2.45, 2.75) is 30.0 Å². The molecular weight excluding hydrogens is 314 g/mol. The zero-order chi connectivity index (χ0) is 15.6. The molecule has 0 saturated carbocycles. The van der Waals surface area contributed by atoms with Crippen LogP contribution in [0.25, 0.3) is 0 Å². The van der Waals surface area contributed by atoms with Gasteiger partial charge in [-0.1, -0.05) is 6.92 Å². The van der Waals surface area contributed by atoms with Crippen LogP contribution >= 0.6 is 11.3 Å². The Labute approximate surface area is 128 Å². The van der Waals surface area contributed by atoms with Gasteiger partial charge >= 0.3 is 5.97 Å². The Morgan fingerprint density at radius 1 is 1.52 bits per heavy atom. The number of nitrogens with zero attached hydrogens (tertiary/aromatic N) is 3. The fraction of sp³-hybridized carbons (Fsp3) is 0.667. The third-order valence-corrected chi connectivity index (χ3v) is 6.90. The van der Waals surface area contributed by atoms with Gasteiger partial charge < -0.3 is 10.0 Å². The maximum atomic E-state index is 12.8. The van der Waals surface area contributed by atoms with E-state index < -0.39 is 16.0 Å². The van der Waals surface area contributed by atoms with Crippen LogP contribution in [0, 0.1) is 0 Å². The summed E-state index contributed by atoms with van der Waals surface area (Å²) in [6.45, 7) is 3.83. The molecule has 2 rings (SSSR count). The van der Waals surface area contributed by atoms with Crippen LogP contribution in [0.5, 0.6) is 0 Å². The van der Waals surface area contributed by atoms with Gasteiger partial charge in [0.05, 0.1) is 5.51 Å². The highest BCUT2D eigenvalue weighted by molar-refractivity contribution is 7.91. The van der Waals surface area contributed by atoms with Crippen LogP contribution in [0.15, 0.2) is 9.72 Å². The van der Waals surface area contributed by atoms with Gasteiger partial charge in [0.25, 0.3) is 10.0 Å². The zero-order valence-electron chi connectivity index (χ0n) is 12.0. The molecular formula is C12H19N3O4S2. The van der Waals surface area contributed by atoms with Crippen LogP contribution in [0.3, 0.4) is 0 Å². The van der Waals surface area contributed by atoms with E-state index in [1.165, 1.54) is 9.82 Å². The van der Waals surface area contributed by atoms with Crippen molar-refractivity contribution in [3.8, 4) is 0 Å². The molecule has 1 saturated heterocycles. The number of carboxylic acid groups (broad SMARTS) is 1. The predicted molar refractivity (Wildman–Crippen MR) is 79.2 cm³/mol. The molecule has 7 nitrogen and oxygen atoms in total. The van der Waals surface area contributed by atoms with E-state index in [1.807, 2.05) is 14.0 Å². The minimum absolute atomic E-state index is 0.147. The standard InChI is InChI=1S/C12H19N3O4S2/c1-3-9-7-14(2)5-4-6-15(9)21(18,19)12-10(11(16)17)13-8-20-12/h8-9H,3-7H2,1-2H3,(H,16,17). The number of sulfonamides is 1. The number of aromatic carboxylic acids is 1. The zero-order valence-corrected chi connectivity index (χ0v) is 13.7. The van der Waals surface area contributed by atoms with Crippen LogP contribution in [-0.2, 0) is 10.0 Å². The number of carboxylic acids is 1. The van der Waals surface area contributed by atoms with Crippen LogP contribution < -0.4 is 0 Å². The molecule has 1 aromatic rings. The number of hydrogen-bond acceptors (Lipinski definition) is 6. The summed E-state index contributed by atoms with van der Waals surface area (Å²) in [5.41, 5.74) is 0.883. The Kier molecular flexibility index (Phi) is 4.97. The van der Waals surface area contributed by atoms with Gasteiger partial charge in [0, 0.05) is 19.1 Å². The second-order valence-corrected chi connectivity index (χ2v) is 8.03. The maximum absolute atomic E-state index is 12.8. The van der Waals surface area contributed by atoms with Gasteiger partial charge in [0.2, 0.25) is 0 Å². The Bertz CT molecular complexity index is 614. The number of thiazole rings is 1.